The maximum Gasteiger partial charge on any atom is 0.330 e. The van der Waals surface area contributed by atoms with Crippen molar-refractivity contribution in [2.45, 2.75) is 58.3 Å². The molecule has 5 aromatic carbocycles. The Bertz CT molecular complexity index is 2350. The molecule has 5 nitrogen and oxygen atoms in total. The minimum absolute atomic E-state index is 0.373. The molecular weight excluding hydrogens is 681 g/mol. The van der Waals surface area contributed by atoms with Gasteiger partial charge in [-0.3, -0.25) is 0 Å². The molecule has 0 amide bonds. The second-order valence-corrected chi connectivity index (χ2v) is 12.9. The molecule has 5 aromatic rings. The molecular formula is C50H46O5. The number of fused-ring (bicyclic) bond motifs is 2. The smallest absolute Gasteiger partial charge is 0.330 e. The third kappa shape index (κ3) is 12.3. The van der Waals surface area contributed by atoms with Gasteiger partial charge in [0, 0.05) is 57.2 Å². The van der Waals surface area contributed by atoms with Gasteiger partial charge < -0.3 is 14.2 Å². The van der Waals surface area contributed by atoms with Crippen LogP contribution in [-0.2, 0) is 25.5 Å². The number of carbonyl (C=O) groups is 2. The summed E-state index contributed by atoms with van der Waals surface area (Å²) in [5.74, 6) is 20.1. The van der Waals surface area contributed by atoms with Crippen LogP contribution in [0.3, 0.4) is 0 Å². The molecule has 5 rings (SSSR count). The van der Waals surface area contributed by atoms with Gasteiger partial charge >= 0.3 is 11.9 Å². The van der Waals surface area contributed by atoms with E-state index in [9.17, 15) is 9.59 Å². The van der Waals surface area contributed by atoms with E-state index >= 15 is 0 Å². The molecule has 0 unspecified atom stereocenters. The number of unbranched alkanes of at least 4 members (excludes halogenated alkanes) is 5. The van der Waals surface area contributed by atoms with Crippen molar-refractivity contribution >= 4 is 33.5 Å². The molecule has 0 bridgehead atoms. The van der Waals surface area contributed by atoms with Crippen LogP contribution in [0.2, 0.25) is 0 Å². The van der Waals surface area contributed by atoms with Gasteiger partial charge in [0.15, 0.2) is 0 Å². The largest absolute Gasteiger partial charge is 0.493 e. The van der Waals surface area contributed by atoms with Crippen molar-refractivity contribution in [3.05, 3.63) is 150 Å². The maximum absolute atomic E-state index is 11.2. The van der Waals surface area contributed by atoms with Crippen molar-refractivity contribution in [1.29, 1.82) is 0 Å². The van der Waals surface area contributed by atoms with Crippen LogP contribution < -0.4 is 4.74 Å². The normalized spacial score (nSPS) is 10.2. The summed E-state index contributed by atoms with van der Waals surface area (Å²) in [6, 6.07) is 31.0. The van der Waals surface area contributed by atoms with Gasteiger partial charge in [-0.25, -0.2) is 9.59 Å². The lowest BCUT2D eigenvalue weighted by atomic mass is 10.0. The second kappa shape index (κ2) is 21.3. The summed E-state index contributed by atoms with van der Waals surface area (Å²) in [7, 11) is 0. The first-order chi connectivity index (χ1) is 27.0. The van der Waals surface area contributed by atoms with E-state index < -0.39 is 0 Å². The molecule has 0 N–H and O–H groups in total. The predicted molar refractivity (Wildman–Crippen MR) is 223 cm³/mol. The van der Waals surface area contributed by atoms with Gasteiger partial charge in [0.05, 0.1) is 19.8 Å². The van der Waals surface area contributed by atoms with E-state index in [4.69, 9.17) is 14.2 Å². The fourth-order valence-electron chi connectivity index (χ4n) is 5.96. The first-order valence-corrected chi connectivity index (χ1v) is 18.9. The molecule has 0 saturated carbocycles. The summed E-state index contributed by atoms with van der Waals surface area (Å²) in [5.41, 5.74) is 5.99. The minimum Gasteiger partial charge on any atom is -0.493 e. The lowest BCUT2D eigenvalue weighted by Crippen LogP contribution is -2.02. The number of carbonyl (C=O) groups excluding carboxylic acids is 2. The van der Waals surface area contributed by atoms with Crippen molar-refractivity contribution in [3.63, 3.8) is 0 Å². The highest BCUT2D eigenvalue weighted by Gasteiger charge is 2.07. The standard InChI is InChI=1S/C50H46O5/c1-4-41-35-39(22-27-43-30-31-48(47-19-13-12-18-46(43)47)53-32-14-9-10-16-34-55-50(52)6-3)20-25-42(41)26-21-40-24-29-44-36-38(23-28-45(44)37-40)17-11-7-8-15-33-54-49(51)5-2/h5-6,12-13,18-20,23-25,28-31,35-37H,2-4,7-10,14-16,32-34H2,1H3. The summed E-state index contributed by atoms with van der Waals surface area (Å²) in [6.07, 6.45) is 9.34. The Kier molecular flexibility index (Phi) is 15.4. The van der Waals surface area contributed by atoms with E-state index in [2.05, 4.69) is 110 Å². The Balaban J connectivity index is 1.18. The molecule has 0 radical (unpaired) electrons. The quantitative estimate of drug-likeness (QED) is 0.0465. The number of rotatable bonds is 15. The molecule has 0 atom stereocenters. The predicted octanol–water partition coefficient (Wildman–Crippen LogP) is 10.3. The van der Waals surface area contributed by atoms with E-state index in [0.717, 1.165) is 112 Å². The Morgan fingerprint density at radius 2 is 1.15 bits per heavy atom. The Morgan fingerprint density at radius 1 is 0.582 bits per heavy atom. The minimum atomic E-state index is -0.387. The van der Waals surface area contributed by atoms with Gasteiger partial charge in [0.2, 0.25) is 0 Å². The summed E-state index contributed by atoms with van der Waals surface area (Å²) in [5, 5.41) is 4.34. The Labute approximate surface area is 325 Å². The first kappa shape index (κ1) is 39.7. The van der Waals surface area contributed by atoms with Crippen molar-refractivity contribution in [1.82, 2.24) is 0 Å². The van der Waals surface area contributed by atoms with Crippen LogP contribution >= 0.6 is 0 Å². The monoisotopic (exact) mass is 726 g/mol. The molecule has 55 heavy (non-hydrogen) atoms. The first-order valence-electron chi connectivity index (χ1n) is 18.9. The number of esters is 2. The van der Waals surface area contributed by atoms with Crippen molar-refractivity contribution < 1.29 is 23.8 Å². The fraction of sp³-hybridized carbons (Fsp3) is 0.240. The van der Waals surface area contributed by atoms with E-state index in [0.29, 0.717) is 19.8 Å². The highest BCUT2D eigenvalue weighted by Crippen LogP contribution is 2.29. The summed E-state index contributed by atoms with van der Waals surface area (Å²) >= 11 is 0. The average molecular weight is 727 g/mol. The molecule has 0 aliphatic rings. The van der Waals surface area contributed by atoms with Gasteiger partial charge in [0.25, 0.3) is 0 Å². The number of hydrogen-bond acceptors (Lipinski definition) is 5. The Morgan fingerprint density at radius 3 is 1.82 bits per heavy atom. The number of hydrogen-bond donors (Lipinski definition) is 0. The van der Waals surface area contributed by atoms with Crippen molar-refractivity contribution in [2.75, 3.05) is 19.8 Å². The molecule has 0 aliphatic carbocycles. The van der Waals surface area contributed by atoms with Crippen molar-refractivity contribution in [3.8, 4) is 41.3 Å². The zero-order valence-corrected chi connectivity index (χ0v) is 31.5. The SMILES string of the molecule is C=CC(=O)OCCCCC#Cc1ccc2cc(C#Cc3ccc(C#Cc4ccc(OCCCCCCOC(=O)C=C)c5ccccc45)cc3CC)ccc2c1. The van der Waals surface area contributed by atoms with Crippen LogP contribution in [0.5, 0.6) is 5.75 Å². The molecule has 276 valence electrons. The third-order valence-electron chi connectivity index (χ3n) is 8.94. The van der Waals surface area contributed by atoms with Crippen LogP contribution in [0, 0.1) is 35.5 Å². The average Bonchev–Trinajstić information content (AvgIpc) is 3.22. The molecule has 0 saturated heterocycles. The Hall–Kier alpha value is -6.48. The molecule has 5 heteroatoms. The molecule has 0 heterocycles. The second-order valence-electron chi connectivity index (χ2n) is 12.9. The molecule has 0 aliphatic heterocycles. The topological polar surface area (TPSA) is 61.8 Å². The fourth-order valence-corrected chi connectivity index (χ4v) is 5.96. The van der Waals surface area contributed by atoms with Crippen molar-refractivity contribution in [2.24, 2.45) is 0 Å². The van der Waals surface area contributed by atoms with E-state index in [1.54, 1.807) is 0 Å². The highest BCUT2D eigenvalue weighted by molar-refractivity contribution is 5.93. The summed E-state index contributed by atoms with van der Waals surface area (Å²) in [6.45, 7) is 10.4. The summed E-state index contributed by atoms with van der Waals surface area (Å²) in [4.78, 5) is 22.3. The van der Waals surface area contributed by atoms with Gasteiger partial charge in [-0.15, -0.1) is 0 Å². The maximum atomic E-state index is 11.2. The van der Waals surface area contributed by atoms with Gasteiger partial charge in [-0.2, -0.15) is 0 Å². The third-order valence-corrected chi connectivity index (χ3v) is 8.94. The zero-order valence-electron chi connectivity index (χ0n) is 31.5. The molecule has 0 spiro atoms. The number of aryl methyl sites for hydroxylation is 1. The highest BCUT2D eigenvalue weighted by atomic mass is 16.5. The van der Waals surface area contributed by atoms with E-state index in [-0.39, 0.29) is 11.9 Å². The number of ether oxygens (including phenoxy) is 3. The van der Waals surface area contributed by atoms with Gasteiger partial charge in [-0.05, 0) is 116 Å². The molecule has 0 aromatic heterocycles. The van der Waals surface area contributed by atoms with Crippen LogP contribution in [0.15, 0.2) is 116 Å². The summed E-state index contributed by atoms with van der Waals surface area (Å²) < 4.78 is 16.2. The van der Waals surface area contributed by atoms with Gasteiger partial charge in [-0.1, -0.05) is 92.0 Å². The van der Waals surface area contributed by atoms with Crippen LogP contribution in [-0.4, -0.2) is 31.8 Å². The lowest BCUT2D eigenvalue weighted by Gasteiger charge is -2.11. The number of benzene rings is 5. The zero-order chi connectivity index (χ0) is 38.7. The molecule has 0 fully saturated rings. The van der Waals surface area contributed by atoms with E-state index in [1.165, 1.54) is 12.2 Å². The lowest BCUT2D eigenvalue weighted by molar-refractivity contribution is -0.138. The van der Waals surface area contributed by atoms with Crippen LogP contribution in [0.1, 0.15) is 85.3 Å². The van der Waals surface area contributed by atoms with Crippen LogP contribution in [0.4, 0.5) is 0 Å². The van der Waals surface area contributed by atoms with Gasteiger partial charge in [0.1, 0.15) is 5.75 Å². The van der Waals surface area contributed by atoms with E-state index in [1.807, 2.05) is 36.4 Å². The van der Waals surface area contributed by atoms with Crippen LogP contribution in [0.25, 0.3) is 21.5 Å².